The minimum Gasteiger partial charge on any atom is -0.413 e. The number of hydrogen-bond acceptors (Lipinski definition) is 5. The molecular weight excluding hydrogens is 428 g/mol. The fourth-order valence-electron chi connectivity index (χ4n) is 3.39. The minimum absolute atomic E-state index is 0.0386. The number of hydrogen-bond donors (Lipinski definition) is 1. The van der Waals surface area contributed by atoms with Gasteiger partial charge < -0.3 is 14.6 Å². The van der Waals surface area contributed by atoms with Crippen LogP contribution in [0.2, 0.25) is 18.1 Å². The lowest BCUT2D eigenvalue weighted by atomic mass is 9.79. The first-order valence-corrected chi connectivity index (χ1v) is 14.4. The smallest absolute Gasteiger partial charge is 0.254 e. The summed E-state index contributed by atoms with van der Waals surface area (Å²) in [6.45, 7) is 14.6. The van der Waals surface area contributed by atoms with Crippen LogP contribution in [0.4, 0.5) is 0 Å². The van der Waals surface area contributed by atoms with Crippen LogP contribution < -0.4 is 5.32 Å². The number of amides is 2. The molecular formula is C23H36N2O4SSi. The Morgan fingerprint density at radius 1 is 1.16 bits per heavy atom. The Balaban J connectivity index is 2.13. The molecule has 172 valence electrons. The first-order valence-electron chi connectivity index (χ1n) is 10.7. The van der Waals surface area contributed by atoms with Crippen molar-refractivity contribution in [3.05, 3.63) is 29.8 Å². The van der Waals surface area contributed by atoms with Crippen molar-refractivity contribution in [3.8, 4) is 0 Å². The van der Waals surface area contributed by atoms with E-state index in [1.807, 2.05) is 19.9 Å². The fourth-order valence-corrected chi connectivity index (χ4v) is 5.79. The number of benzene rings is 1. The molecule has 1 aromatic carbocycles. The van der Waals surface area contributed by atoms with Gasteiger partial charge in [0.1, 0.15) is 0 Å². The van der Waals surface area contributed by atoms with E-state index >= 15 is 0 Å². The van der Waals surface area contributed by atoms with Gasteiger partial charge in [0, 0.05) is 24.9 Å². The van der Waals surface area contributed by atoms with E-state index in [-0.39, 0.29) is 40.0 Å². The zero-order chi connectivity index (χ0) is 23.7. The summed E-state index contributed by atoms with van der Waals surface area (Å²) in [5.74, 6) is -0.966. The standard InChI is InChI=1S/C23H36N2O4SSi/c1-14(22(28)30-17-13-11-10-12-16(17)21(27)25(6)7)19-18(20(26)24-19)15(2)29-31(8,9)23(3,4)5/h10-15,18-19H,1-9H3,(H,24,26)/t14-,15+,18+,19+/m0/s1. The lowest BCUT2D eigenvalue weighted by molar-refractivity contribution is -0.143. The van der Waals surface area contributed by atoms with Gasteiger partial charge in [-0.1, -0.05) is 51.6 Å². The summed E-state index contributed by atoms with van der Waals surface area (Å²) in [4.78, 5) is 40.0. The molecule has 0 unspecified atom stereocenters. The average molecular weight is 465 g/mol. The molecule has 4 atom stereocenters. The van der Waals surface area contributed by atoms with Crippen LogP contribution in [0.3, 0.4) is 0 Å². The molecule has 2 rings (SSSR count). The Morgan fingerprint density at radius 3 is 2.26 bits per heavy atom. The third kappa shape index (κ3) is 5.59. The quantitative estimate of drug-likeness (QED) is 0.372. The van der Waals surface area contributed by atoms with Crippen LogP contribution in [-0.2, 0) is 14.0 Å². The third-order valence-corrected chi connectivity index (χ3v) is 12.2. The monoisotopic (exact) mass is 464 g/mol. The van der Waals surface area contributed by atoms with E-state index in [9.17, 15) is 14.4 Å². The van der Waals surface area contributed by atoms with Gasteiger partial charge in [0.2, 0.25) is 5.91 Å². The van der Waals surface area contributed by atoms with Crippen molar-refractivity contribution < 1.29 is 18.8 Å². The van der Waals surface area contributed by atoms with E-state index in [1.165, 1.54) is 4.90 Å². The van der Waals surface area contributed by atoms with Crippen LogP contribution in [0.1, 0.15) is 45.0 Å². The lowest BCUT2D eigenvalue weighted by Gasteiger charge is -2.46. The summed E-state index contributed by atoms with van der Waals surface area (Å²) in [6, 6.07) is 6.84. The van der Waals surface area contributed by atoms with Crippen LogP contribution in [0.15, 0.2) is 29.2 Å². The van der Waals surface area contributed by atoms with Gasteiger partial charge in [-0.2, -0.15) is 0 Å². The molecule has 0 aliphatic carbocycles. The maximum atomic E-state index is 13.1. The van der Waals surface area contributed by atoms with Crippen molar-refractivity contribution in [1.29, 1.82) is 0 Å². The normalized spacial score (nSPS) is 21.0. The molecule has 1 saturated heterocycles. The van der Waals surface area contributed by atoms with Gasteiger partial charge in [0.05, 0.1) is 23.6 Å². The van der Waals surface area contributed by atoms with E-state index in [1.54, 1.807) is 32.3 Å². The number of carbonyl (C=O) groups excluding carboxylic acids is 3. The number of rotatable bonds is 7. The number of nitrogens with one attached hydrogen (secondary N) is 1. The molecule has 0 saturated carbocycles. The Kier molecular flexibility index (Phi) is 7.82. The summed E-state index contributed by atoms with van der Waals surface area (Å²) in [5, 5.41) is 2.87. The van der Waals surface area contributed by atoms with Gasteiger partial charge in [0.15, 0.2) is 13.4 Å². The summed E-state index contributed by atoms with van der Waals surface area (Å²) in [7, 11) is 1.34. The molecule has 0 aromatic heterocycles. The molecule has 1 aromatic rings. The highest BCUT2D eigenvalue weighted by molar-refractivity contribution is 8.13. The van der Waals surface area contributed by atoms with Gasteiger partial charge in [-0.15, -0.1) is 0 Å². The van der Waals surface area contributed by atoms with Gasteiger partial charge in [-0.3, -0.25) is 14.4 Å². The number of nitrogens with zero attached hydrogens (tertiary/aromatic N) is 1. The number of carbonyl (C=O) groups is 3. The Morgan fingerprint density at radius 2 is 1.74 bits per heavy atom. The Bertz CT molecular complexity index is 850. The van der Waals surface area contributed by atoms with E-state index in [2.05, 4.69) is 39.2 Å². The summed E-state index contributed by atoms with van der Waals surface area (Å²) in [6.07, 6.45) is -0.262. The molecule has 1 N–H and O–H groups in total. The molecule has 8 heteroatoms. The highest BCUT2D eigenvalue weighted by Crippen LogP contribution is 2.40. The topological polar surface area (TPSA) is 75.7 Å². The van der Waals surface area contributed by atoms with Gasteiger partial charge in [0.25, 0.3) is 5.91 Å². The van der Waals surface area contributed by atoms with Crippen molar-refractivity contribution in [2.75, 3.05) is 14.1 Å². The van der Waals surface area contributed by atoms with E-state index in [0.29, 0.717) is 10.5 Å². The van der Waals surface area contributed by atoms with Crippen molar-refractivity contribution in [1.82, 2.24) is 10.2 Å². The van der Waals surface area contributed by atoms with Crippen molar-refractivity contribution in [3.63, 3.8) is 0 Å². The second-order valence-corrected chi connectivity index (χ2v) is 15.9. The number of thioether (sulfide) groups is 1. The predicted octanol–water partition coefficient (Wildman–Crippen LogP) is 4.17. The molecule has 1 aliphatic heterocycles. The molecule has 0 spiro atoms. The zero-order valence-corrected chi connectivity index (χ0v) is 21.9. The SMILES string of the molecule is C[C@H](C(=O)Sc1ccccc1C(=O)N(C)C)[C@H]1NC(=O)[C@@H]1[C@@H](C)O[Si](C)(C)C(C)(C)C. The van der Waals surface area contributed by atoms with E-state index < -0.39 is 14.2 Å². The summed E-state index contributed by atoms with van der Waals surface area (Å²) >= 11 is 1.06. The highest BCUT2D eigenvalue weighted by Gasteiger charge is 2.50. The van der Waals surface area contributed by atoms with Crippen LogP contribution in [0.5, 0.6) is 0 Å². The van der Waals surface area contributed by atoms with Gasteiger partial charge >= 0.3 is 0 Å². The molecule has 1 heterocycles. The first-order chi connectivity index (χ1) is 14.2. The maximum Gasteiger partial charge on any atom is 0.254 e. The number of β-lactam (4-membered cyclic amide) rings is 1. The van der Waals surface area contributed by atoms with Gasteiger partial charge in [-0.05, 0) is 37.2 Å². The summed E-state index contributed by atoms with van der Waals surface area (Å²) in [5.41, 5.74) is 0.502. The first kappa shape index (κ1) is 25.6. The minimum atomic E-state index is -2.04. The molecule has 31 heavy (non-hydrogen) atoms. The molecule has 1 fully saturated rings. The second kappa shape index (κ2) is 9.46. The zero-order valence-electron chi connectivity index (χ0n) is 20.1. The Hall–Kier alpha value is -1.64. The van der Waals surface area contributed by atoms with Crippen LogP contribution in [-0.4, -0.2) is 56.4 Å². The maximum absolute atomic E-state index is 13.1. The average Bonchev–Trinajstić information content (AvgIpc) is 2.63. The lowest BCUT2D eigenvalue weighted by Crippen LogP contribution is -2.66. The van der Waals surface area contributed by atoms with Gasteiger partial charge in [-0.25, -0.2) is 0 Å². The molecule has 6 nitrogen and oxygen atoms in total. The highest BCUT2D eigenvalue weighted by atomic mass is 32.2. The second-order valence-electron chi connectivity index (χ2n) is 10.0. The molecule has 1 aliphatic rings. The van der Waals surface area contributed by atoms with Crippen LogP contribution in [0, 0.1) is 11.8 Å². The fraction of sp³-hybridized carbons (Fsp3) is 0.609. The summed E-state index contributed by atoms with van der Waals surface area (Å²) < 4.78 is 6.44. The van der Waals surface area contributed by atoms with Crippen LogP contribution in [0.25, 0.3) is 0 Å². The van der Waals surface area contributed by atoms with E-state index in [4.69, 9.17) is 4.43 Å². The van der Waals surface area contributed by atoms with E-state index in [0.717, 1.165) is 11.8 Å². The molecule has 0 radical (unpaired) electrons. The third-order valence-electron chi connectivity index (χ3n) is 6.44. The molecule has 0 bridgehead atoms. The van der Waals surface area contributed by atoms with Crippen molar-refractivity contribution in [2.45, 2.75) is 69.8 Å². The largest absolute Gasteiger partial charge is 0.413 e. The van der Waals surface area contributed by atoms with Crippen molar-refractivity contribution in [2.24, 2.45) is 11.8 Å². The Labute approximate surface area is 191 Å². The predicted molar refractivity (Wildman–Crippen MR) is 128 cm³/mol. The molecule has 2 amide bonds. The van der Waals surface area contributed by atoms with Crippen molar-refractivity contribution >= 4 is 37.0 Å². The van der Waals surface area contributed by atoms with Crippen LogP contribution >= 0.6 is 11.8 Å².